The molecule has 12 nitrogen and oxygen atoms in total. The Morgan fingerprint density at radius 3 is 1.81 bits per heavy atom. The molecule has 6 aromatic carbocycles. The van der Waals surface area contributed by atoms with Crippen LogP contribution >= 0.6 is 37.9 Å². The fourth-order valence-corrected chi connectivity index (χ4v) is 12.3. The van der Waals surface area contributed by atoms with Gasteiger partial charge in [0.2, 0.25) is 0 Å². The first-order valence-corrected chi connectivity index (χ1v) is 24.9. The van der Waals surface area contributed by atoms with Gasteiger partial charge in [-0.2, -0.15) is 0 Å². The molecule has 0 spiro atoms. The van der Waals surface area contributed by atoms with Crippen LogP contribution in [-0.2, 0) is 26.2 Å². The third kappa shape index (κ3) is 8.14. The summed E-state index contributed by atoms with van der Waals surface area (Å²) in [6, 6.07) is 21.3. The van der Waals surface area contributed by atoms with Crippen molar-refractivity contribution in [1.82, 2.24) is 0 Å². The van der Waals surface area contributed by atoms with Crippen LogP contribution in [0.2, 0.25) is 0 Å². The summed E-state index contributed by atoms with van der Waals surface area (Å²) in [5.41, 5.74) is 8.95. The van der Waals surface area contributed by atoms with Crippen LogP contribution in [0.25, 0.3) is 0 Å². The molecule has 12 unspecified atom stereocenters. The molecule has 9 rings (SSSR count). The average Bonchev–Trinajstić information content (AvgIpc) is 3.31. The first-order chi connectivity index (χ1) is 32.5. The van der Waals surface area contributed by atoms with Gasteiger partial charge in [-0.1, -0.05) is 0 Å². The van der Waals surface area contributed by atoms with E-state index in [1.807, 2.05) is 34.6 Å². The van der Waals surface area contributed by atoms with E-state index in [-0.39, 0.29) is 52.1 Å². The maximum absolute atomic E-state index is 13.0. The van der Waals surface area contributed by atoms with Gasteiger partial charge in [-0.05, 0) is 0 Å². The molecular weight excluding hydrogens is 1020 g/mol. The van der Waals surface area contributed by atoms with Crippen LogP contribution < -0.4 is 41.7 Å². The Labute approximate surface area is 416 Å². The Kier molecular flexibility index (Phi) is 13.6. The number of aliphatic hydroxyl groups is 1. The third-order valence-corrected chi connectivity index (χ3v) is 15.9. The van der Waals surface area contributed by atoms with Gasteiger partial charge in [0.05, 0.1) is 28.4 Å². The number of hydrogen-bond donors (Lipinski definition) is 5. The first-order valence-electron chi connectivity index (χ1n) is 22.0. The second kappa shape index (κ2) is 19.0. The number of ether oxygens (including phenoxy) is 3. The van der Waals surface area contributed by atoms with Crippen molar-refractivity contribution in [2.75, 3.05) is 0 Å². The van der Waals surface area contributed by atoms with Crippen molar-refractivity contribution < 1.29 is 77.7 Å². The number of aliphatic hydroxyl groups excluding tert-OH is 1. The summed E-state index contributed by atoms with van der Waals surface area (Å²) in [7, 11) is 10.7. The standard InChI is InChI=1S/C50H52BO12P4.Mo/c1-20-6-8-25(14-22(20)3)45-23(4)15-29-21(2)7-11-28(48(29)57-45)38-24(5)46(26-9-12-30(52)31(53)16-26)58-49-39(38)32(54)18-33(55)40(49)42-41-36(62-66)19-37(63-67)43(51)50(41)59-47(44(42)56)27-10-13-34(60-64)35(17-27)61-65;/h6-10,12-14,16-19,23-24,38,42,44-47,52-56H,15,51,64-67H2,1-5H3;. The molecule has 3 heterocycles. The van der Waals surface area contributed by atoms with Gasteiger partial charge in [0.15, 0.2) is 5.75 Å². The summed E-state index contributed by atoms with van der Waals surface area (Å²) in [6.45, 7) is 10.5. The van der Waals surface area contributed by atoms with Crippen LogP contribution in [0.15, 0.2) is 72.8 Å². The average molecular weight is 1080 g/mol. The van der Waals surface area contributed by atoms with Crippen LogP contribution in [-0.4, -0.2) is 39.5 Å². The molecule has 3 aliphatic heterocycles. The van der Waals surface area contributed by atoms with Gasteiger partial charge in [-0.15, -0.1) is 0 Å². The van der Waals surface area contributed by atoms with Gasteiger partial charge in [0.1, 0.15) is 0 Å². The number of hydrogen-bond acceptors (Lipinski definition) is 12. The Morgan fingerprint density at radius 2 is 1.15 bits per heavy atom. The topological polar surface area (TPSA) is 166 Å². The van der Waals surface area contributed by atoms with Crippen molar-refractivity contribution in [1.29, 1.82) is 0 Å². The van der Waals surface area contributed by atoms with E-state index >= 15 is 0 Å². The van der Waals surface area contributed by atoms with Crippen molar-refractivity contribution in [3.05, 3.63) is 134 Å². The van der Waals surface area contributed by atoms with Gasteiger partial charge >= 0.3 is 376 Å². The Morgan fingerprint density at radius 1 is 0.544 bits per heavy atom. The van der Waals surface area contributed by atoms with Crippen molar-refractivity contribution in [2.24, 2.45) is 11.8 Å². The summed E-state index contributed by atoms with van der Waals surface area (Å²) < 4.78 is 44.9. The van der Waals surface area contributed by atoms with Crippen LogP contribution in [0.3, 0.4) is 0 Å². The molecule has 6 aromatic rings. The van der Waals surface area contributed by atoms with Crippen LogP contribution in [0.4, 0.5) is 0 Å². The predicted molar refractivity (Wildman–Crippen MR) is 271 cm³/mol. The van der Waals surface area contributed by atoms with Crippen LogP contribution in [0, 0.1) is 32.6 Å². The van der Waals surface area contributed by atoms with E-state index in [0.717, 1.165) is 38.4 Å². The van der Waals surface area contributed by atoms with Crippen molar-refractivity contribution >= 4 is 55.1 Å². The number of phenolic OH excluding ortho intramolecular Hbond substituents is 4. The fourth-order valence-electron chi connectivity index (χ4n) is 10.5. The molecule has 0 amide bonds. The first kappa shape index (κ1) is 48.6. The van der Waals surface area contributed by atoms with Crippen LogP contribution in [0.1, 0.15) is 105 Å². The van der Waals surface area contributed by atoms with E-state index in [1.165, 1.54) is 29.3 Å². The molecule has 0 aliphatic carbocycles. The zero-order chi connectivity index (χ0) is 48.6. The zero-order valence-corrected chi connectivity index (χ0v) is 44.7. The molecule has 0 saturated carbocycles. The number of fused-ring (bicyclic) bond motifs is 3. The van der Waals surface area contributed by atoms with Gasteiger partial charge in [0, 0.05) is 0 Å². The second-order valence-electron chi connectivity index (χ2n) is 18.1. The molecular formula is C50H52BMoO12P4. The monoisotopic (exact) mass is 1080 g/mol. The second-order valence-corrected chi connectivity index (χ2v) is 20.1. The Balaban J connectivity index is 1.33. The molecule has 0 aromatic heterocycles. The summed E-state index contributed by atoms with van der Waals surface area (Å²) in [5.74, 6) is -0.763. The van der Waals surface area contributed by atoms with Gasteiger partial charge in [-0.25, -0.2) is 0 Å². The molecule has 12 atom stereocenters. The Hall–Kier alpha value is -4.45. The SMILES string of the molecule is Bc1c(OP)cc(OP)c2c1OC(c1ccc(OP)c(OP)c1)C(O)C2c1c(O)cc(O)c2c1OC(c1ccc(O)c(O)c1)C(C)C2c1[c]([Mo])cc(C)c2c1OC(c1ccc(C)c(C)c1)C(C)C2. The molecule has 5 N–H and O–H groups in total. The summed E-state index contributed by atoms with van der Waals surface area (Å²) in [4.78, 5) is 0. The quantitative estimate of drug-likeness (QED) is 0.0535. The minimum absolute atomic E-state index is 0.114. The number of rotatable bonds is 9. The summed E-state index contributed by atoms with van der Waals surface area (Å²) >= 11 is 1.94. The molecule has 0 bridgehead atoms. The van der Waals surface area contributed by atoms with Gasteiger partial charge in [0.25, 0.3) is 0 Å². The van der Waals surface area contributed by atoms with E-state index < -0.39 is 36.1 Å². The number of aromatic hydroxyl groups is 4. The van der Waals surface area contributed by atoms with E-state index in [4.69, 9.17) is 32.3 Å². The number of aryl methyl sites for hydroxylation is 3. The molecule has 18 heteroatoms. The van der Waals surface area contributed by atoms with E-state index in [0.29, 0.717) is 50.7 Å². The van der Waals surface area contributed by atoms with Crippen molar-refractivity contribution in [2.45, 2.75) is 77.3 Å². The molecule has 0 fully saturated rings. The van der Waals surface area contributed by atoms with E-state index in [2.05, 4.69) is 89.8 Å². The molecule has 0 saturated heterocycles. The predicted octanol–water partition coefficient (Wildman–Crippen LogP) is 8.38. The summed E-state index contributed by atoms with van der Waals surface area (Å²) in [5, 5.41) is 59.3. The molecule has 353 valence electrons. The maximum atomic E-state index is 13.0. The van der Waals surface area contributed by atoms with Crippen molar-refractivity contribution in [3.63, 3.8) is 0 Å². The fraction of sp³-hybridized carbons (Fsp3) is 0.280. The van der Waals surface area contributed by atoms with E-state index in [1.54, 1.807) is 30.3 Å². The molecule has 3 aliphatic rings. The molecule has 68 heavy (non-hydrogen) atoms. The minimum atomic E-state index is -1.45. The normalized spacial score (nSPS) is 22.6. The molecule has 0 radical (unpaired) electrons. The number of benzene rings is 6. The number of phenols is 4. The van der Waals surface area contributed by atoms with Gasteiger partial charge in [-0.3, -0.25) is 0 Å². The van der Waals surface area contributed by atoms with Gasteiger partial charge < -0.3 is 9.05 Å². The van der Waals surface area contributed by atoms with E-state index in [9.17, 15) is 25.5 Å². The zero-order valence-electron chi connectivity index (χ0n) is 38.1. The van der Waals surface area contributed by atoms with Crippen molar-refractivity contribution in [3.8, 4) is 63.2 Å². The van der Waals surface area contributed by atoms with Crippen LogP contribution in [0.5, 0.6) is 63.2 Å². The summed E-state index contributed by atoms with van der Waals surface area (Å²) in [6.07, 6.45) is -2.93. The third-order valence-electron chi connectivity index (χ3n) is 14.1. The Bertz CT molecular complexity index is 2990.